The molecule has 0 aliphatic heterocycles. The lowest BCUT2D eigenvalue weighted by molar-refractivity contribution is 0.808. The number of hydrazone groups is 1. The molecule has 0 aliphatic carbocycles. The van der Waals surface area contributed by atoms with Gasteiger partial charge < -0.3 is 0 Å². The van der Waals surface area contributed by atoms with Gasteiger partial charge in [-0.3, -0.25) is 10.2 Å². The fourth-order valence-electron chi connectivity index (χ4n) is 2.03. The quantitative estimate of drug-likeness (QED) is 0.566. The number of benzene rings is 2. The van der Waals surface area contributed by atoms with Crippen LogP contribution in [0.4, 0.5) is 5.69 Å². The molecule has 0 unspecified atom stereocenters. The highest BCUT2D eigenvalue weighted by Gasteiger charge is 2.09. The van der Waals surface area contributed by atoms with E-state index in [9.17, 15) is 4.79 Å². The first-order valence-corrected chi connectivity index (χ1v) is 7.78. The summed E-state index contributed by atoms with van der Waals surface area (Å²) in [5, 5.41) is 8.79. The van der Waals surface area contributed by atoms with Crippen molar-refractivity contribution in [3.63, 3.8) is 0 Å². The molecule has 1 heterocycles. The molecule has 1 N–H and O–H groups in total. The van der Waals surface area contributed by atoms with Gasteiger partial charge in [0.25, 0.3) is 5.56 Å². The number of nitrogens with zero attached hydrogens (tertiary/aromatic N) is 3. The van der Waals surface area contributed by atoms with Gasteiger partial charge in [0.15, 0.2) is 0 Å². The molecule has 3 rings (SSSR count). The maximum atomic E-state index is 12.3. The molecule has 7 heteroatoms. The van der Waals surface area contributed by atoms with Gasteiger partial charge in [0.2, 0.25) is 0 Å². The maximum absolute atomic E-state index is 12.3. The van der Waals surface area contributed by atoms with E-state index in [0.717, 1.165) is 5.56 Å². The number of hydrogen-bond acceptors (Lipinski definition) is 4. The molecule has 0 atom stereocenters. The molecule has 3 aromatic rings. The minimum absolute atomic E-state index is 0.0112. The lowest BCUT2D eigenvalue weighted by atomic mass is 10.2. The zero-order valence-electron chi connectivity index (χ0n) is 12.4. The first-order valence-electron chi connectivity index (χ1n) is 7.03. The molecule has 120 valence electrons. The minimum Gasteiger partial charge on any atom is -0.275 e. The number of rotatable bonds is 4. The van der Waals surface area contributed by atoms with Crippen LogP contribution < -0.4 is 11.0 Å². The summed E-state index contributed by atoms with van der Waals surface area (Å²) in [4.78, 5) is 12.3. The van der Waals surface area contributed by atoms with E-state index in [-0.39, 0.29) is 5.02 Å². The summed E-state index contributed by atoms with van der Waals surface area (Å²) >= 11 is 12.0. The van der Waals surface area contributed by atoms with Crippen LogP contribution in [0.3, 0.4) is 0 Å². The van der Waals surface area contributed by atoms with E-state index >= 15 is 0 Å². The van der Waals surface area contributed by atoms with E-state index in [0.29, 0.717) is 16.4 Å². The molecule has 0 saturated heterocycles. The zero-order valence-corrected chi connectivity index (χ0v) is 13.9. The molecule has 1 aromatic heterocycles. The van der Waals surface area contributed by atoms with Crippen LogP contribution >= 0.6 is 23.2 Å². The van der Waals surface area contributed by atoms with Crippen molar-refractivity contribution in [2.45, 2.75) is 0 Å². The van der Waals surface area contributed by atoms with Crippen molar-refractivity contribution in [1.82, 2.24) is 9.78 Å². The van der Waals surface area contributed by atoms with Gasteiger partial charge in [-0.25, -0.2) is 0 Å². The summed E-state index contributed by atoms with van der Waals surface area (Å²) in [6, 6.07) is 16.2. The highest BCUT2D eigenvalue weighted by molar-refractivity contribution is 6.33. The molecule has 0 bridgehead atoms. The van der Waals surface area contributed by atoms with Crippen LogP contribution in [-0.2, 0) is 0 Å². The van der Waals surface area contributed by atoms with Crippen LogP contribution in [0.2, 0.25) is 10.0 Å². The van der Waals surface area contributed by atoms with Gasteiger partial charge in [-0.1, -0.05) is 53.5 Å². The topological polar surface area (TPSA) is 59.3 Å². The second-order valence-electron chi connectivity index (χ2n) is 4.85. The Kier molecular flexibility index (Phi) is 4.93. The fraction of sp³-hybridized carbons (Fsp3) is 0. The Morgan fingerprint density at radius 1 is 1.08 bits per heavy atom. The van der Waals surface area contributed by atoms with E-state index in [2.05, 4.69) is 15.6 Å². The van der Waals surface area contributed by atoms with Crippen molar-refractivity contribution < 1.29 is 0 Å². The molecule has 0 fully saturated rings. The zero-order chi connectivity index (χ0) is 16.9. The van der Waals surface area contributed by atoms with Crippen molar-refractivity contribution in [2.24, 2.45) is 5.10 Å². The van der Waals surface area contributed by atoms with Gasteiger partial charge in [-0.15, -0.1) is 0 Å². The summed E-state index contributed by atoms with van der Waals surface area (Å²) in [6.45, 7) is 0. The van der Waals surface area contributed by atoms with Crippen molar-refractivity contribution in [1.29, 1.82) is 0 Å². The summed E-state index contributed by atoms with van der Waals surface area (Å²) in [5.41, 5.74) is 4.07. The van der Waals surface area contributed by atoms with Crippen molar-refractivity contribution in [3.8, 4) is 5.69 Å². The van der Waals surface area contributed by atoms with Crippen LogP contribution in [-0.4, -0.2) is 16.0 Å². The summed E-state index contributed by atoms with van der Waals surface area (Å²) in [6.07, 6.45) is 3.02. The summed E-state index contributed by atoms with van der Waals surface area (Å²) in [7, 11) is 0. The standard InChI is InChI=1S/C17H12Cl2N4O/c18-13-6-4-5-12(9-13)10-20-22-15-11-21-23(17(24)16(15)19)14-7-2-1-3-8-14/h1-11,22H/b20-10+. The molecule has 0 aliphatic rings. The normalized spacial score (nSPS) is 10.9. The van der Waals surface area contributed by atoms with Crippen LogP contribution in [0.5, 0.6) is 0 Å². The largest absolute Gasteiger partial charge is 0.292 e. The van der Waals surface area contributed by atoms with Gasteiger partial charge in [-0.05, 0) is 29.8 Å². The molecule has 0 radical (unpaired) electrons. The number of anilines is 1. The lowest BCUT2D eigenvalue weighted by Crippen LogP contribution is -2.22. The minimum atomic E-state index is -0.425. The smallest absolute Gasteiger partial charge is 0.275 e. The van der Waals surface area contributed by atoms with E-state index in [4.69, 9.17) is 23.2 Å². The Bertz CT molecular complexity index is 939. The van der Waals surface area contributed by atoms with E-state index in [1.54, 1.807) is 30.5 Å². The Morgan fingerprint density at radius 3 is 2.62 bits per heavy atom. The average Bonchev–Trinajstić information content (AvgIpc) is 2.60. The van der Waals surface area contributed by atoms with Crippen molar-refractivity contribution >= 4 is 35.1 Å². The third kappa shape index (κ3) is 3.64. The third-order valence-electron chi connectivity index (χ3n) is 3.17. The van der Waals surface area contributed by atoms with E-state index in [1.165, 1.54) is 10.9 Å². The van der Waals surface area contributed by atoms with Crippen molar-refractivity contribution in [3.05, 3.63) is 86.8 Å². The van der Waals surface area contributed by atoms with Crippen LogP contribution in [0.1, 0.15) is 5.56 Å². The SMILES string of the molecule is O=c1c(Cl)c(N/N=C/c2cccc(Cl)c2)cnn1-c1ccccc1. The third-order valence-corrected chi connectivity index (χ3v) is 3.77. The molecule has 5 nitrogen and oxygen atoms in total. The number of halogens is 2. The molecule has 0 spiro atoms. The predicted octanol–water partition coefficient (Wildman–Crippen LogP) is 3.99. The second kappa shape index (κ2) is 7.29. The lowest BCUT2D eigenvalue weighted by Gasteiger charge is -2.07. The van der Waals surface area contributed by atoms with Gasteiger partial charge in [-0.2, -0.15) is 14.9 Å². The first-order chi connectivity index (χ1) is 11.6. The van der Waals surface area contributed by atoms with Crippen LogP contribution in [0.15, 0.2) is 70.7 Å². The molecule has 0 saturated carbocycles. The van der Waals surface area contributed by atoms with E-state index in [1.807, 2.05) is 30.3 Å². The first kappa shape index (κ1) is 16.2. The maximum Gasteiger partial charge on any atom is 0.292 e. The van der Waals surface area contributed by atoms with Crippen LogP contribution in [0.25, 0.3) is 5.69 Å². The molecular formula is C17H12Cl2N4O. The molecule has 24 heavy (non-hydrogen) atoms. The van der Waals surface area contributed by atoms with Gasteiger partial charge in [0, 0.05) is 5.02 Å². The summed E-state index contributed by atoms with van der Waals surface area (Å²) < 4.78 is 1.23. The molecule has 2 aromatic carbocycles. The monoisotopic (exact) mass is 358 g/mol. The van der Waals surface area contributed by atoms with Crippen molar-refractivity contribution in [2.75, 3.05) is 5.43 Å². The number of aromatic nitrogens is 2. The Balaban J connectivity index is 1.83. The van der Waals surface area contributed by atoms with E-state index < -0.39 is 5.56 Å². The van der Waals surface area contributed by atoms with Gasteiger partial charge in [0.05, 0.1) is 18.1 Å². The highest BCUT2D eigenvalue weighted by atomic mass is 35.5. The Labute approximate surface area is 148 Å². The molecule has 0 amide bonds. The number of hydrogen-bond donors (Lipinski definition) is 1. The Hall–Kier alpha value is -2.63. The van der Waals surface area contributed by atoms with Gasteiger partial charge >= 0.3 is 0 Å². The Morgan fingerprint density at radius 2 is 1.88 bits per heavy atom. The molecular weight excluding hydrogens is 347 g/mol. The predicted molar refractivity (Wildman–Crippen MR) is 97.5 cm³/mol. The number of nitrogens with one attached hydrogen (secondary N) is 1. The average molecular weight is 359 g/mol. The fourth-order valence-corrected chi connectivity index (χ4v) is 2.40. The second-order valence-corrected chi connectivity index (χ2v) is 5.66. The highest BCUT2D eigenvalue weighted by Crippen LogP contribution is 2.16. The number of para-hydroxylation sites is 1. The van der Waals surface area contributed by atoms with Crippen LogP contribution in [0, 0.1) is 0 Å². The summed E-state index contributed by atoms with van der Waals surface area (Å²) in [5.74, 6) is 0. The van der Waals surface area contributed by atoms with Gasteiger partial charge in [0.1, 0.15) is 10.7 Å².